The molecule has 1 atom stereocenters. The number of aliphatic carboxylic acids is 1. The van der Waals surface area contributed by atoms with Crippen molar-refractivity contribution in [3.8, 4) is 5.75 Å². The molecule has 20 heavy (non-hydrogen) atoms. The van der Waals surface area contributed by atoms with Gasteiger partial charge in [-0.05, 0) is 25.3 Å². The summed E-state index contributed by atoms with van der Waals surface area (Å²) in [5.74, 6) is 0.566. The summed E-state index contributed by atoms with van der Waals surface area (Å²) >= 11 is 0. The molecule has 3 rings (SSSR count). The van der Waals surface area contributed by atoms with Gasteiger partial charge in [0, 0.05) is 11.5 Å². The number of carboxylic acid groups (broad SMARTS) is 1. The van der Waals surface area contributed by atoms with Crippen molar-refractivity contribution < 1.29 is 14.6 Å². The highest BCUT2D eigenvalue weighted by atomic mass is 16.5. The first-order valence-corrected chi connectivity index (χ1v) is 7.66. The van der Waals surface area contributed by atoms with Crippen LogP contribution in [0, 0.1) is 5.41 Å². The summed E-state index contributed by atoms with van der Waals surface area (Å²) in [7, 11) is 0. The van der Waals surface area contributed by atoms with E-state index in [4.69, 9.17) is 4.74 Å². The smallest absolute Gasteiger partial charge is 0.309 e. The molecule has 3 heteroatoms. The fourth-order valence-corrected chi connectivity index (χ4v) is 3.78. The van der Waals surface area contributed by atoms with Crippen LogP contribution < -0.4 is 4.74 Å². The van der Waals surface area contributed by atoms with Crippen molar-refractivity contribution in [2.75, 3.05) is 6.61 Å². The Morgan fingerprint density at radius 2 is 1.90 bits per heavy atom. The van der Waals surface area contributed by atoms with Gasteiger partial charge in [-0.15, -0.1) is 0 Å². The van der Waals surface area contributed by atoms with Crippen molar-refractivity contribution >= 4 is 5.97 Å². The van der Waals surface area contributed by atoms with Gasteiger partial charge in [-0.25, -0.2) is 0 Å². The molecule has 0 aromatic heterocycles. The molecule has 0 radical (unpaired) electrons. The Hall–Kier alpha value is -1.51. The van der Waals surface area contributed by atoms with Crippen LogP contribution in [0.25, 0.3) is 0 Å². The lowest BCUT2D eigenvalue weighted by atomic mass is 9.72. The van der Waals surface area contributed by atoms with Crippen LogP contribution >= 0.6 is 0 Å². The first kappa shape index (κ1) is 13.5. The average molecular weight is 274 g/mol. The Bertz CT molecular complexity index is 487. The Morgan fingerprint density at radius 1 is 1.20 bits per heavy atom. The first-order valence-electron chi connectivity index (χ1n) is 7.66. The molecule has 0 bridgehead atoms. The standard InChI is InChI=1S/C17H22O3/c18-16(19)17(9-5-1-2-6-10-17)11-13-12-20-15-8-4-3-7-14(13)15/h3-4,7-8,13H,1-2,5-6,9-12H2,(H,18,19). The van der Waals surface area contributed by atoms with Crippen LogP contribution in [-0.2, 0) is 4.79 Å². The van der Waals surface area contributed by atoms with Crippen molar-refractivity contribution in [1.82, 2.24) is 0 Å². The zero-order chi connectivity index (χ0) is 14.0. The number of ether oxygens (including phenoxy) is 1. The molecule has 1 aliphatic carbocycles. The van der Waals surface area contributed by atoms with Crippen molar-refractivity contribution in [3.05, 3.63) is 29.8 Å². The van der Waals surface area contributed by atoms with Crippen LogP contribution in [0.2, 0.25) is 0 Å². The van der Waals surface area contributed by atoms with E-state index in [1.54, 1.807) is 0 Å². The second kappa shape index (κ2) is 5.47. The quantitative estimate of drug-likeness (QED) is 0.848. The summed E-state index contributed by atoms with van der Waals surface area (Å²) < 4.78 is 5.72. The summed E-state index contributed by atoms with van der Waals surface area (Å²) in [6, 6.07) is 8.05. The molecular formula is C17H22O3. The minimum atomic E-state index is -0.608. The van der Waals surface area contributed by atoms with E-state index in [1.807, 2.05) is 18.2 Å². The van der Waals surface area contributed by atoms with E-state index in [1.165, 1.54) is 18.4 Å². The Labute approximate surface area is 120 Å². The van der Waals surface area contributed by atoms with Crippen LogP contribution in [0.5, 0.6) is 5.75 Å². The second-order valence-electron chi connectivity index (χ2n) is 6.25. The molecule has 1 N–H and O–H groups in total. The maximum Gasteiger partial charge on any atom is 0.309 e. The van der Waals surface area contributed by atoms with E-state index in [0.29, 0.717) is 6.61 Å². The topological polar surface area (TPSA) is 46.5 Å². The zero-order valence-corrected chi connectivity index (χ0v) is 11.8. The number of carbonyl (C=O) groups is 1. The van der Waals surface area contributed by atoms with Crippen LogP contribution in [0.4, 0.5) is 0 Å². The fourth-order valence-electron chi connectivity index (χ4n) is 3.78. The zero-order valence-electron chi connectivity index (χ0n) is 11.8. The van der Waals surface area contributed by atoms with Crippen LogP contribution in [0.1, 0.15) is 56.4 Å². The molecule has 1 unspecified atom stereocenters. The molecular weight excluding hydrogens is 252 g/mol. The van der Waals surface area contributed by atoms with E-state index in [2.05, 4.69) is 6.07 Å². The molecule has 0 saturated heterocycles. The van der Waals surface area contributed by atoms with Crippen molar-refractivity contribution in [1.29, 1.82) is 0 Å². The molecule has 1 saturated carbocycles. The molecule has 3 nitrogen and oxygen atoms in total. The van der Waals surface area contributed by atoms with Gasteiger partial charge in [0.1, 0.15) is 5.75 Å². The predicted molar refractivity (Wildman–Crippen MR) is 77.1 cm³/mol. The third-order valence-corrected chi connectivity index (χ3v) is 4.95. The van der Waals surface area contributed by atoms with E-state index in [9.17, 15) is 9.90 Å². The number of fused-ring (bicyclic) bond motifs is 1. The van der Waals surface area contributed by atoms with Gasteiger partial charge in [0.2, 0.25) is 0 Å². The molecule has 0 amide bonds. The highest BCUT2D eigenvalue weighted by molar-refractivity contribution is 5.74. The summed E-state index contributed by atoms with van der Waals surface area (Å²) in [6.45, 7) is 0.633. The van der Waals surface area contributed by atoms with Gasteiger partial charge in [0.15, 0.2) is 0 Å². The fraction of sp³-hybridized carbons (Fsp3) is 0.588. The lowest BCUT2D eigenvalue weighted by Gasteiger charge is -2.30. The van der Waals surface area contributed by atoms with Gasteiger partial charge >= 0.3 is 5.97 Å². The maximum absolute atomic E-state index is 11.9. The van der Waals surface area contributed by atoms with E-state index in [-0.39, 0.29) is 5.92 Å². The second-order valence-corrected chi connectivity index (χ2v) is 6.25. The minimum Gasteiger partial charge on any atom is -0.493 e. The van der Waals surface area contributed by atoms with Gasteiger partial charge < -0.3 is 9.84 Å². The molecule has 1 aromatic carbocycles. The van der Waals surface area contributed by atoms with Gasteiger partial charge in [-0.3, -0.25) is 4.79 Å². The molecule has 1 fully saturated rings. The van der Waals surface area contributed by atoms with E-state index >= 15 is 0 Å². The monoisotopic (exact) mass is 274 g/mol. The summed E-state index contributed by atoms with van der Waals surface area (Å²) in [5.41, 5.74) is 0.652. The first-order chi connectivity index (χ1) is 9.71. The molecule has 1 heterocycles. The lowest BCUT2D eigenvalue weighted by molar-refractivity contribution is -0.150. The Morgan fingerprint density at radius 3 is 2.60 bits per heavy atom. The van der Waals surface area contributed by atoms with Crippen molar-refractivity contribution in [3.63, 3.8) is 0 Å². The third-order valence-electron chi connectivity index (χ3n) is 4.95. The van der Waals surface area contributed by atoms with Crippen LogP contribution in [-0.4, -0.2) is 17.7 Å². The third kappa shape index (κ3) is 2.41. The van der Waals surface area contributed by atoms with Gasteiger partial charge in [0.05, 0.1) is 12.0 Å². The predicted octanol–water partition coefficient (Wildman–Crippen LogP) is 3.98. The molecule has 108 valence electrons. The Kier molecular flexibility index (Phi) is 3.68. The van der Waals surface area contributed by atoms with E-state index < -0.39 is 11.4 Å². The van der Waals surface area contributed by atoms with Crippen LogP contribution in [0.15, 0.2) is 24.3 Å². The lowest BCUT2D eigenvalue weighted by Crippen LogP contribution is -2.32. The largest absolute Gasteiger partial charge is 0.493 e. The number of benzene rings is 1. The van der Waals surface area contributed by atoms with Crippen molar-refractivity contribution in [2.45, 2.75) is 50.9 Å². The van der Waals surface area contributed by atoms with Gasteiger partial charge in [-0.2, -0.15) is 0 Å². The normalized spacial score (nSPS) is 24.5. The number of rotatable bonds is 3. The molecule has 1 aromatic rings. The highest BCUT2D eigenvalue weighted by Crippen LogP contribution is 2.46. The van der Waals surface area contributed by atoms with Gasteiger partial charge in [0.25, 0.3) is 0 Å². The maximum atomic E-state index is 11.9. The van der Waals surface area contributed by atoms with Crippen molar-refractivity contribution in [2.24, 2.45) is 5.41 Å². The molecule has 0 spiro atoms. The number of hydrogen-bond donors (Lipinski definition) is 1. The number of hydrogen-bond acceptors (Lipinski definition) is 2. The summed E-state index contributed by atoms with van der Waals surface area (Å²) in [6.07, 6.45) is 6.80. The molecule has 2 aliphatic rings. The SMILES string of the molecule is O=C(O)C1(CC2COc3ccccc32)CCCCCC1. The average Bonchev–Trinajstić information content (AvgIpc) is 2.69. The summed E-state index contributed by atoms with van der Waals surface area (Å²) in [5, 5.41) is 9.78. The Balaban J connectivity index is 1.82. The molecule has 1 aliphatic heterocycles. The highest BCUT2D eigenvalue weighted by Gasteiger charge is 2.42. The summed E-state index contributed by atoms with van der Waals surface area (Å²) in [4.78, 5) is 11.9. The van der Waals surface area contributed by atoms with Gasteiger partial charge in [-0.1, -0.05) is 43.9 Å². The number of carboxylic acids is 1. The van der Waals surface area contributed by atoms with E-state index in [0.717, 1.165) is 37.9 Å². The number of para-hydroxylation sites is 1. The minimum absolute atomic E-state index is 0.236. The van der Waals surface area contributed by atoms with Crippen LogP contribution in [0.3, 0.4) is 0 Å².